The first kappa shape index (κ1) is 23.6. The number of benzene rings is 2. The Hall–Kier alpha value is -5.17. The lowest BCUT2D eigenvalue weighted by molar-refractivity contribution is 0.394. The highest BCUT2D eigenvalue weighted by molar-refractivity contribution is 5.83. The van der Waals surface area contributed by atoms with Gasteiger partial charge in [-0.25, -0.2) is 15.0 Å². The lowest BCUT2D eigenvalue weighted by Gasteiger charge is -2.24. The topological polar surface area (TPSA) is 117 Å². The van der Waals surface area contributed by atoms with E-state index in [1.807, 2.05) is 54.5 Å². The van der Waals surface area contributed by atoms with Gasteiger partial charge in [-0.1, -0.05) is 5.92 Å². The number of aromatic nitrogens is 6. The molecule has 10 heteroatoms. The van der Waals surface area contributed by atoms with Crippen molar-refractivity contribution in [2.45, 2.75) is 0 Å². The molecule has 0 aliphatic carbocycles. The van der Waals surface area contributed by atoms with Gasteiger partial charge in [0.25, 0.3) is 0 Å². The molecule has 0 unspecified atom stereocenters. The van der Waals surface area contributed by atoms with E-state index in [0.717, 1.165) is 33.7 Å². The summed E-state index contributed by atoms with van der Waals surface area (Å²) in [6.07, 6.45) is 7.00. The van der Waals surface area contributed by atoms with Gasteiger partial charge in [-0.3, -0.25) is 9.67 Å². The molecule has 3 heterocycles. The standard InChI is InChI=1S/C27H24N8O2/c1-34-17-18(15-31-34)25-16-30-23-7-6-19(13-24(23)32-25)35(10-4-5-27-29-9-8-26(28)33-27)20-11-21(36-2)14-22(12-20)37-3/h6-9,11-17H,10H2,1-3H3,(H2,28,29,33). The predicted molar refractivity (Wildman–Crippen MR) is 142 cm³/mol. The zero-order valence-electron chi connectivity index (χ0n) is 20.6. The Balaban J connectivity index is 1.58. The Morgan fingerprint density at radius 2 is 1.73 bits per heavy atom. The molecule has 5 rings (SSSR count). The number of rotatable bonds is 6. The number of fused-ring (bicyclic) bond motifs is 1. The summed E-state index contributed by atoms with van der Waals surface area (Å²) in [6.45, 7) is 0.329. The molecule has 5 aromatic rings. The SMILES string of the molecule is COc1cc(OC)cc(N(CC#Cc2nccc(N)n2)c2ccc3ncc(-c4cnn(C)c4)nc3c2)c1. The van der Waals surface area contributed by atoms with Crippen LogP contribution in [-0.2, 0) is 7.05 Å². The Morgan fingerprint density at radius 3 is 2.43 bits per heavy atom. The van der Waals surface area contributed by atoms with Crippen LogP contribution in [0.5, 0.6) is 11.5 Å². The molecule has 0 aliphatic rings. The monoisotopic (exact) mass is 492 g/mol. The molecule has 2 N–H and O–H groups in total. The molecular weight excluding hydrogens is 468 g/mol. The number of nitrogens with two attached hydrogens (primary N) is 1. The zero-order valence-corrected chi connectivity index (χ0v) is 20.6. The molecule has 0 saturated heterocycles. The van der Waals surface area contributed by atoms with Crippen LogP contribution in [0.3, 0.4) is 0 Å². The Labute approximate surface area is 213 Å². The van der Waals surface area contributed by atoms with Crippen molar-refractivity contribution in [1.29, 1.82) is 0 Å². The number of hydrogen-bond donors (Lipinski definition) is 1. The maximum absolute atomic E-state index is 5.77. The highest BCUT2D eigenvalue weighted by Gasteiger charge is 2.14. The van der Waals surface area contributed by atoms with E-state index in [4.69, 9.17) is 20.2 Å². The van der Waals surface area contributed by atoms with Gasteiger partial charge in [0.05, 0.1) is 49.9 Å². The summed E-state index contributed by atoms with van der Waals surface area (Å²) in [4.78, 5) is 19.8. The van der Waals surface area contributed by atoms with Crippen LogP contribution in [0.15, 0.2) is 67.3 Å². The van der Waals surface area contributed by atoms with Crippen molar-refractivity contribution >= 4 is 28.2 Å². The Morgan fingerprint density at radius 1 is 0.919 bits per heavy atom. The maximum atomic E-state index is 5.77. The highest BCUT2D eigenvalue weighted by atomic mass is 16.5. The van der Waals surface area contributed by atoms with Crippen LogP contribution in [-0.4, -0.2) is 50.5 Å². The molecule has 184 valence electrons. The minimum atomic E-state index is 0.329. The van der Waals surface area contributed by atoms with E-state index in [2.05, 4.69) is 31.9 Å². The molecule has 0 atom stereocenters. The summed E-state index contributed by atoms with van der Waals surface area (Å²) in [5, 5.41) is 4.24. The maximum Gasteiger partial charge on any atom is 0.206 e. The fraction of sp³-hybridized carbons (Fsp3) is 0.148. The molecule has 0 spiro atoms. The zero-order chi connectivity index (χ0) is 25.8. The van der Waals surface area contributed by atoms with Gasteiger partial charge in [-0.15, -0.1) is 0 Å². The van der Waals surface area contributed by atoms with Crippen LogP contribution >= 0.6 is 0 Å². The molecule has 0 saturated carbocycles. The molecule has 10 nitrogen and oxygen atoms in total. The number of nitrogens with zero attached hydrogens (tertiary/aromatic N) is 7. The second kappa shape index (κ2) is 10.2. The average Bonchev–Trinajstić information content (AvgIpc) is 3.36. The van der Waals surface area contributed by atoms with Crippen molar-refractivity contribution in [1.82, 2.24) is 29.7 Å². The number of aryl methyl sites for hydroxylation is 1. The fourth-order valence-corrected chi connectivity index (χ4v) is 3.77. The number of ether oxygens (including phenoxy) is 2. The van der Waals surface area contributed by atoms with Crippen molar-refractivity contribution in [3.05, 3.63) is 73.1 Å². The number of methoxy groups -OCH3 is 2. The first-order chi connectivity index (χ1) is 18.0. The third kappa shape index (κ3) is 5.26. The van der Waals surface area contributed by atoms with Gasteiger partial charge >= 0.3 is 0 Å². The lowest BCUT2D eigenvalue weighted by Crippen LogP contribution is -2.17. The smallest absolute Gasteiger partial charge is 0.206 e. The minimum absolute atomic E-state index is 0.329. The largest absolute Gasteiger partial charge is 0.497 e. The summed E-state index contributed by atoms with van der Waals surface area (Å²) in [5.74, 6) is 8.18. The second-order valence-electron chi connectivity index (χ2n) is 8.09. The van der Waals surface area contributed by atoms with Crippen molar-refractivity contribution in [2.24, 2.45) is 7.05 Å². The van der Waals surface area contributed by atoms with Gasteiger partial charge in [-0.2, -0.15) is 5.10 Å². The molecule has 0 radical (unpaired) electrons. The Bertz CT molecular complexity index is 1610. The number of nitrogen functional groups attached to an aromatic ring is 1. The van der Waals surface area contributed by atoms with Crippen LogP contribution in [0.4, 0.5) is 17.2 Å². The minimum Gasteiger partial charge on any atom is -0.497 e. The third-order valence-corrected chi connectivity index (χ3v) is 5.60. The molecule has 0 bridgehead atoms. The van der Waals surface area contributed by atoms with Gasteiger partial charge in [0, 0.05) is 54.6 Å². The van der Waals surface area contributed by atoms with E-state index in [9.17, 15) is 0 Å². The van der Waals surface area contributed by atoms with E-state index in [-0.39, 0.29) is 0 Å². The van der Waals surface area contributed by atoms with Crippen LogP contribution in [0.25, 0.3) is 22.3 Å². The van der Waals surface area contributed by atoms with Crippen molar-refractivity contribution in [3.63, 3.8) is 0 Å². The van der Waals surface area contributed by atoms with Crippen LogP contribution in [0.2, 0.25) is 0 Å². The van der Waals surface area contributed by atoms with Crippen molar-refractivity contribution < 1.29 is 9.47 Å². The van der Waals surface area contributed by atoms with Crippen molar-refractivity contribution in [2.75, 3.05) is 31.4 Å². The summed E-state index contributed by atoms with van der Waals surface area (Å²) in [5.41, 5.74) is 10.6. The van der Waals surface area contributed by atoms with E-state index in [1.165, 1.54) is 0 Å². The first-order valence-electron chi connectivity index (χ1n) is 11.4. The molecular formula is C27H24N8O2. The molecule has 3 aromatic heterocycles. The van der Waals surface area contributed by atoms with Crippen LogP contribution in [0, 0.1) is 11.8 Å². The van der Waals surface area contributed by atoms with Crippen molar-refractivity contribution in [3.8, 4) is 34.6 Å². The summed E-state index contributed by atoms with van der Waals surface area (Å²) >= 11 is 0. The van der Waals surface area contributed by atoms with Gasteiger partial charge in [-0.05, 0) is 30.2 Å². The molecule has 2 aromatic carbocycles. The van der Waals surface area contributed by atoms with Gasteiger partial charge in [0.1, 0.15) is 17.3 Å². The summed E-state index contributed by atoms with van der Waals surface area (Å²) in [7, 11) is 5.10. The average molecular weight is 493 g/mol. The molecule has 0 amide bonds. The van der Waals surface area contributed by atoms with Crippen LogP contribution < -0.4 is 20.1 Å². The van der Waals surface area contributed by atoms with E-state index < -0.39 is 0 Å². The van der Waals surface area contributed by atoms with E-state index >= 15 is 0 Å². The van der Waals surface area contributed by atoms with Gasteiger partial charge in [0.15, 0.2) is 0 Å². The second-order valence-corrected chi connectivity index (χ2v) is 8.09. The first-order valence-corrected chi connectivity index (χ1v) is 11.4. The fourth-order valence-electron chi connectivity index (χ4n) is 3.77. The van der Waals surface area contributed by atoms with E-state index in [1.54, 1.807) is 43.6 Å². The lowest BCUT2D eigenvalue weighted by atomic mass is 10.2. The molecule has 0 aliphatic heterocycles. The number of anilines is 3. The third-order valence-electron chi connectivity index (χ3n) is 5.60. The van der Waals surface area contributed by atoms with Gasteiger partial charge < -0.3 is 20.1 Å². The van der Waals surface area contributed by atoms with Crippen LogP contribution in [0.1, 0.15) is 5.82 Å². The highest BCUT2D eigenvalue weighted by Crippen LogP contribution is 2.34. The van der Waals surface area contributed by atoms with Gasteiger partial charge in [0.2, 0.25) is 5.82 Å². The molecule has 37 heavy (non-hydrogen) atoms. The predicted octanol–water partition coefficient (Wildman–Crippen LogP) is 3.61. The van der Waals surface area contributed by atoms with E-state index in [0.29, 0.717) is 29.7 Å². The normalized spacial score (nSPS) is 10.6. The summed E-state index contributed by atoms with van der Waals surface area (Å²) < 4.78 is 12.7. The summed E-state index contributed by atoms with van der Waals surface area (Å²) in [6, 6.07) is 13.2. The molecule has 0 fully saturated rings. The quantitative estimate of drug-likeness (QED) is 0.355. The Kier molecular flexibility index (Phi) is 6.50. The number of hydrogen-bond acceptors (Lipinski definition) is 9.